The molecule has 1 aliphatic heterocycles. The van der Waals surface area contributed by atoms with Crippen molar-refractivity contribution in [2.24, 2.45) is 5.92 Å². The molecule has 22 heavy (non-hydrogen) atoms. The number of ether oxygens (including phenoxy) is 1. The van der Waals surface area contributed by atoms with Gasteiger partial charge in [-0.1, -0.05) is 12.1 Å². The zero-order valence-electron chi connectivity index (χ0n) is 12.6. The van der Waals surface area contributed by atoms with Gasteiger partial charge in [0.15, 0.2) is 0 Å². The standard InChI is InChI=1S/C16H20FNO3S/c1-2-21-16(20)12-6-5-9-18(10-12)15(19)11-22-14-8-4-3-7-13(14)17/h3-4,7-8,12H,2,5-6,9-11H2,1H3. The third-order valence-corrected chi connectivity index (χ3v) is 4.62. The lowest BCUT2D eigenvalue weighted by Crippen LogP contribution is -2.43. The summed E-state index contributed by atoms with van der Waals surface area (Å²) in [5, 5.41) is 0. The maximum absolute atomic E-state index is 13.5. The summed E-state index contributed by atoms with van der Waals surface area (Å²) in [6, 6.07) is 6.40. The normalized spacial score (nSPS) is 18.1. The van der Waals surface area contributed by atoms with Crippen LogP contribution in [0, 0.1) is 11.7 Å². The highest BCUT2D eigenvalue weighted by Gasteiger charge is 2.29. The number of halogens is 1. The molecule has 0 radical (unpaired) electrons. The van der Waals surface area contributed by atoms with Crippen LogP contribution in [0.15, 0.2) is 29.2 Å². The fourth-order valence-corrected chi connectivity index (χ4v) is 3.29. The Kier molecular flexibility index (Phi) is 6.24. The van der Waals surface area contributed by atoms with Crippen LogP contribution in [0.3, 0.4) is 0 Å². The van der Waals surface area contributed by atoms with Crippen LogP contribution in [0.5, 0.6) is 0 Å². The van der Waals surface area contributed by atoms with Crippen LogP contribution in [-0.2, 0) is 14.3 Å². The molecule has 2 rings (SSSR count). The van der Waals surface area contributed by atoms with E-state index < -0.39 is 0 Å². The smallest absolute Gasteiger partial charge is 0.310 e. The number of nitrogens with zero attached hydrogens (tertiary/aromatic N) is 1. The van der Waals surface area contributed by atoms with E-state index in [2.05, 4.69) is 0 Å². The molecular weight excluding hydrogens is 305 g/mol. The molecule has 1 aromatic rings. The first-order valence-corrected chi connectivity index (χ1v) is 8.42. The van der Waals surface area contributed by atoms with E-state index in [-0.39, 0.29) is 29.4 Å². The van der Waals surface area contributed by atoms with Gasteiger partial charge in [-0.15, -0.1) is 11.8 Å². The molecule has 0 aliphatic carbocycles. The van der Waals surface area contributed by atoms with Crippen molar-refractivity contribution in [3.8, 4) is 0 Å². The Morgan fingerprint density at radius 2 is 2.18 bits per heavy atom. The predicted molar refractivity (Wildman–Crippen MR) is 83.1 cm³/mol. The van der Waals surface area contributed by atoms with E-state index in [0.717, 1.165) is 12.8 Å². The van der Waals surface area contributed by atoms with Crippen LogP contribution in [0.1, 0.15) is 19.8 Å². The molecule has 6 heteroatoms. The minimum absolute atomic E-state index is 0.0674. The summed E-state index contributed by atoms with van der Waals surface area (Å²) in [5.74, 6) is -0.681. The zero-order chi connectivity index (χ0) is 15.9. The minimum atomic E-state index is -0.316. The van der Waals surface area contributed by atoms with E-state index in [1.807, 2.05) is 0 Å². The largest absolute Gasteiger partial charge is 0.466 e. The lowest BCUT2D eigenvalue weighted by Gasteiger charge is -2.31. The summed E-state index contributed by atoms with van der Waals surface area (Å²) >= 11 is 1.19. The van der Waals surface area contributed by atoms with Gasteiger partial charge in [-0.25, -0.2) is 4.39 Å². The van der Waals surface area contributed by atoms with Gasteiger partial charge in [-0.2, -0.15) is 0 Å². The van der Waals surface area contributed by atoms with Gasteiger partial charge in [-0.3, -0.25) is 9.59 Å². The number of esters is 1. The third-order valence-electron chi connectivity index (χ3n) is 3.58. The Hall–Kier alpha value is -1.56. The molecule has 0 N–H and O–H groups in total. The number of likely N-dealkylation sites (tertiary alicyclic amines) is 1. The fraction of sp³-hybridized carbons (Fsp3) is 0.500. The van der Waals surface area contributed by atoms with Crippen LogP contribution in [0.25, 0.3) is 0 Å². The molecule has 1 amide bonds. The summed E-state index contributed by atoms with van der Waals surface area (Å²) in [6.45, 7) is 3.17. The van der Waals surface area contributed by atoms with Crippen molar-refractivity contribution in [3.63, 3.8) is 0 Å². The molecule has 1 unspecified atom stereocenters. The van der Waals surface area contributed by atoms with Gasteiger partial charge in [0.25, 0.3) is 0 Å². The van der Waals surface area contributed by atoms with Crippen molar-refractivity contribution in [2.45, 2.75) is 24.7 Å². The highest BCUT2D eigenvalue weighted by Crippen LogP contribution is 2.23. The molecule has 0 aromatic heterocycles. The topological polar surface area (TPSA) is 46.6 Å². The number of benzene rings is 1. The second-order valence-corrected chi connectivity index (χ2v) is 6.17. The number of hydrogen-bond donors (Lipinski definition) is 0. The number of piperidine rings is 1. The molecule has 0 spiro atoms. The van der Waals surface area contributed by atoms with E-state index in [9.17, 15) is 14.0 Å². The van der Waals surface area contributed by atoms with Gasteiger partial charge >= 0.3 is 5.97 Å². The Morgan fingerprint density at radius 3 is 2.91 bits per heavy atom. The number of carbonyl (C=O) groups is 2. The van der Waals surface area contributed by atoms with Crippen LogP contribution in [0.4, 0.5) is 4.39 Å². The predicted octanol–water partition coefficient (Wildman–Crippen LogP) is 2.72. The first-order chi connectivity index (χ1) is 10.6. The van der Waals surface area contributed by atoms with E-state index in [4.69, 9.17) is 4.74 Å². The van der Waals surface area contributed by atoms with Crippen molar-refractivity contribution >= 4 is 23.6 Å². The second-order valence-electron chi connectivity index (χ2n) is 5.15. The molecule has 4 nitrogen and oxygen atoms in total. The molecule has 0 saturated carbocycles. The number of rotatable bonds is 5. The molecule has 1 heterocycles. The highest BCUT2D eigenvalue weighted by molar-refractivity contribution is 8.00. The molecular formula is C16H20FNO3S. The van der Waals surface area contributed by atoms with Gasteiger partial charge in [0, 0.05) is 18.0 Å². The maximum atomic E-state index is 13.5. The van der Waals surface area contributed by atoms with Crippen molar-refractivity contribution in [1.82, 2.24) is 4.90 Å². The van der Waals surface area contributed by atoms with Crippen molar-refractivity contribution < 1.29 is 18.7 Å². The Morgan fingerprint density at radius 1 is 1.41 bits per heavy atom. The summed E-state index contributed by atoms with van der Waals surface area (Å²) in [6.07, 6.45) is 1.54. The first kappa shape index (κ1) is 16.8. The molecule has 1 aromatic carbocycles. The Bertz CT molecular complexity index is 538. The van der Waals surface area contributed by atoms with Gasteiger partial charge in [0.05, 0.1) is 18.3 Å². The molecule has 1 fully saturated rings. The van der Waals surface area contributed by atoms with Crippen LogP contribution in [0.2, 0.25) is 0 Å². The lowest BCUT2D eigenvalue weighted by molar-refractivity contribution is -0.151. The zero-order valence-corrected chi connectivity index (χ0v) is 13.4. The lowest BCUT2D eigenvalue weighted by atomic mass is 9.98. The number of hydrogen-bond acceptors (Lipinski definition) is 4. The quantitative estimate of drug-likeness (QED) is 0.617. The van der Waals surface area contributed by atoms with E-state index in [1.54, 1.807) is 30.0 Å². The van der Waals surface area contributed by atoms with Crippen LogP contribution >= 0.6 is 11.8 Å². The monoisotopic (exact) mass is 325 g/mol. The average Bonchev–Trinajstić information content (AvgIpc) is 2.54. The summed E-state index contributed by atoms with van der Waals surface area (Å²) in [7, 11) is 0. The molecule has 1 aliphatic rings. The second kappa shape index (κ2) is 8.17. The van der Waals surface area contributed by atoms with Crippen LogP contribution < -0.4 is 0 Å². The third kappa shape index (κ3) is 4.47. The number of amides is 1. The SMILES string of the molecule is CCOC(=O)C1CCCN(C(=O)CSc2ccccc2F)C1. The van der Waals surface area contributed by atoms with Gasteiger partial charge in [-0.05, 0) is 31.9 Å². The van der Waals surface area contributed by atoms with E-state index in [0.29, 0.717) is 24.6 Å². The summed E-state index contributed by atoms with van der Waals surface area (Å²) in [5.41, 5.74) is 0. The number of carbonyl (C=O) groups excluding carboxylic acids is 2. The fourth-order valence-electron chi connectivity index (χ4n) is 2.45. The Labute approximate surface area is 134 Å². The van der Waals surface area contributed by atoms with Crippen molar-refractivity contribution in [1.29, 1.82) is 0 Å². The van der Waals surface area contributed by atoms with Crippen LogP contribution in [-0.4, -0.2) is 42.2 Å². The summed E-state index contributed by atoms with van der Waals surface area (Å²) in [4.78, 5) is 26.2. The first-order valence-electron chi connectivity index (χ1n) is 7.43. The molecule has 120 valence electrons. The molecule has 0 bridgehead atoms. The van der Waals surface area contributed by atoms with Gasteiger partial charge in [0.1, 0.15) is 5.82 Å². The minimum Gasteiger partial charge on any atom is -0.466 e. The van der Waals surface area contributed by atoms with Crippen molar-refractivity contribution in [2.75, 3.05) is 25.4 Å². The van der Waals surface area contributed by atoms with E-state index in [1.165, 1.54) is 17.8 Å². The van der Waals surface area contributed by atoms with Gasteiger partial charge in [0.2, 0.25) is 5.91 Å². The Balaban J connectivity index is 1.87. The van der Waals surface area contributed by atoms with Gasteiger partial charge < -0.3 is 9.64 Å². The highest BCUT2D eigenvalue weighted by atomic mass is 32.2. The maximum Gasteiger partial charge on any atom is 0.310 e. The molecule has 1 atom stereocenters. The molecule has 1 saturated heterocycles. The van der Waals surface area contributed by atoms with E-state index >= 15 is 0 Å². The summed E-state index contributed by atoms with van der Waals surface area (Å²) < 4.78 is 18.6. The number of thioether (sulfide) groups is 1. The van der Waals surface area contributed by atoms with Crippen molar-refractivity contribution in [3.05, 3.63) is 30.1 Å². The average molecular weight is 325 g/mol.